The first-order chi connectivity index (χ1) is 7.15. The average Bonchev–Trinajstić information content (AvgIpc) is 2.65. The van der Waals surface area contributed by atoms with Crippen molar-refractivity contribution in [1.29, 1.82) is 0 Å². The van der Waals surface area contributed by atoms with Gasteiger partial charge in [0.05, 0.1) is 0 Å². The lowest BCUT2D eigenvalue weighted by atomic mass is 10.1. The Hall–Kier alpha value is -0.830. The zero-order valence-corrected chi connectivity index (χ0v) is 10.3. The van der Waals surface area contributed by atoms with Crippen molar-refractivity contribution in [2.75, 3.05) is 7.05 Å². The number of hydrogen-bond donors (Lipinski definition) is 1. The second-order valence-electron chi connectivity index (χ2n) is 4.47. The molecule has 1 heterocycles. The minimum Gasteiger partial charge on any atom is -0.335 e. The van der Waals surface area contributed by atoms with Crippen LogP contribution >= 0.6 is 0 Å². The summed E-state index contributed by atoms with van der Waals surface area (Å²) in [6, 6.07) is 0.607. The number of imidazole rings is 1. The maximum absolute atomic E-state index is 4.38. The van der Waals surface area contributed by atoms with Crippen LogP contribution in [0.3, 0.4) is 0 Å². The molecule has 0 saturated heterocycles. The molecule has 0 amide bonds. The molecule has 0 aliphatic heterocycles. The highest BCUT2D eigenvalue weighted by Crippen LogP contribution is 2.12. The van der Waals surface area contributed by atoms with Gasteiger partial charge in [0.15, 0.2) is 0 Å². The molecule has 0 aliphatic rings. The van der Waals surface area contributed by atoms with Gasteiger partial charge in [-0.1, -0.05) is 13.8 Å². The minimum atomic E-state index is 0.515. The van der Waals surface area contributed by atoms with E-state index in [2.05, 4.69) is 41.8 Å². The van der Waals surface area contributed by atoms with Crippen molar-refractivity contribution >= 4 is 0 Å². The van der Waals surface area contributed by atoms with Crippen molar-refractivity contribution in [3.8, 4) is 0 Å². The third-order valence-corrected chi connectivity index (χ3v) is 2.79. The molecule has 0 fully saturated rings. The van der Waals surface area contributed by atoms with E-state index in [0.717, 1.165) is 6.54 Å². The molecule has 1 atom stereocenters. The van der Waals surface area contributed by atoms with E-state index < -0.39 is 0 Å². The minimum absolute atomic E-state index is 0.515. The van der Waals surface area contributed by atoms with E-state index in [1.165, 1.54) is 18.7 Å². The van der Waals surface area contributed by atoms with Gasteiger partial charge in [0.2, 0.25) is 0 Å². The summed E-state index contributed by atoms with van der Waals surface area (Å²) < 4.78 is 2.27. The SMILES string of the molecule is CNC(C)CCCn1ccnc1C(C)C. The fraction of sp³-hybridized carbons (Fsp3) is 0.750. The van der Waals surface area contributed by atoms with Gasteiger partial charge in [0.1, 0.15) is 5.82 Å². The third-order valence-electron chi connectivity index (χ3n) is 2.79. The second-order valence-corrected chi connectivity index (χ2v) is 4.47. The zero-order chi connectivity index (χ0) is 11.3. The molecule has 0 saturated carbocycles. The van der Waals surface area contributed by atoms with Gasteiger partial charge in [-0.3, -0.25) is 0 Å². The van der Waals surface area contributed by atoms with Crippen LogP contribution in [0.25, 0.3) is 0 Å². The molecule has 1 aromatic rings. The van der Waals surface area contributed by atoms with E-state index in [1.807, 2.05) is 13.2 Å². The van der Waals surface area contributed by atoms with Gasteiger partial charge >= 0.3 is 0 Å². The smallest absolute Gasteiger partial charge is 0.111 e. The van der Waals surface area contributed by atoms with Crippen LogP contribution in [-0.4, -0.2) is 22.6 Å². The Balaban J connectivity index is 2.40. The molecule has 0 spiro atoms. The highest BCUT2D eigenvalue weighted by Gasteiger charge is 2.06. The van der Waals surface area contributed by atoms with Gasteiger partial charge in [0, 0.05) is 30.9 Å². The van der Waals surface area contributed by atoms with E-state index in [9.17, 15) is 0 Å². The van der Waals surface area contributed by atoms with Crippen LogP contribution in [0.5, 0.6) is 0 Å². The van der Waals surface area contributed by atoms with Crippen molar-refractivity contribution in [2.24, 2.45) is 0 Å². The largest absolute Gasteiger partial charge is 0.335 e. The van der Waals surface area contributed by atoms with E-state index in [-0.39, 0.29) is 0 Å². The Kier molecular flexibility index (Phi) is 4.82. The summed E-state index contributed by atoms with van der Waals surface area (Å²) in [5.74, 6) is 1.72. The normalized spacial score (nSPS) is 13.4. The van der Waals surface area contributed by atoms with Gasteiger partial charge in [0.25, 0.3) is 0 Å². The lowest BCUT2D eigenvalue weighted by Gasteiger charge is -2.12. The maximum Gasteiger partial charge on any atom is 0.111 e. The molecule has 0 aromatic carbocycles. The predicted octanol–water partition coefficient (Wildman–Crippen LogP) is 2.39. The number of aryl methyl sites for hydroxylation is 1. The fourth-order valence-corrected chi connectivity index (χ4v) is 1.72. The van der Waals surface area contributed by atoms with Gasteiger partial charge in [-0.15, -0.1) is 0 Å². The molecule has 1 unspecified atom stereocenters. The molecule has 0 radical (unpaired) electrons. The molecule has 15 heavy (non-hydrogen) atoms. The number of aromatic nitrogens is 2. The van der Waals surface area contributed by atoms with Crippen LogP contribution in [0.2, 0.25) is 0 Å². The molecular formula is C12H23N3. The van der Waals surface area contributed by atoms with Crippen molar-refractivity contribution in [1.82, 2.24) is 14.9 Å². The third kappa shape index (κ3) is 3.67. The first-order valence-corrected chi connectivity index (χ1v) is 5.83. The van der Waals surface area contributed by atoms with Crippen LogP contribution in [0.4, 0.5) is 0 Å². The first-order valence-electron chi connectivity index (χ1n) is 5.83. The molecule has 1 aromatic heterocycles. The predicted molar refractivity (Wildman–Crippen MR) is 64.1 cm³/mol. The molecule has 0 aliphatic carbocycles. The highest BCUT2D eigenvalue weighted by atomic mass is 15.1. The Bertz CT molecular complexity index is 278. The number of nitrogens with zero attached hydrogens (tertiary/aromatic N) is 2. The molecule has 86 valence electrons. The Labute approximate surface area is 92.9 Å². The molecule has 3 nitrogen and oxygen atoms in total. The topological polar surface area (TPSA) is 29.9 Å². The van der Waals surface area contributed by atoms with E-state index >= 15 is 0 Å². The molecule has 3 heteroatoms. The van der Waals surface area contributed by atoms with E-state index in [1.54, 1.807) is 0 Å². The van der Waals surface area contributed by atoms with Crippen molar-refractivity contribution < 1.29 is 0 Å². The lowest BCUT2D eigenvalue weighted by Crippen LogP contribution is -2.21. The molecule has 0 bridgehead atoms. The number of rotatable bonds is 6. The monoisotopic (exact) mass is 209 g/mol. The summed E-state index contributed by atoms with van der Waals surface area (Å²) in [5.41, 5.74) is 0. The first kappa shape index (κ1) is 12.2. The lowest BCUT2D eigenvalue weighted by molar-refractivity contribution is 0.496. The van der Waals surface area contributed by atoms with Gasteiger partial charge < -0.3 is 9.88 Å². The summed E-state index contributed by atoms with van der Waals surface area (Å²) in [5, 5.41) is 3.26. The van der Waals surface area contributed by atoms with Crippen molar-refractivity contribution in [3.63, 3.8) is 0 Å². The van der Waals surface area contributed by atoms with E-state index in [0.29, 0.717) is 12.0 Å². The molecule has 1 rings (SSSR count). The molecular weight excluding hydrogens is 186 g/mol. The van der Waals surface area contributed by atoms with Crippen LogP contribution in [0.15, 0.2) is 12.4 Å². The molecule has 1 N–H and O–H groups in total. The number of nitrogens with one attached hydrogen (secondary N) is 1. The Morgan fingerprint density at radius 2 is 2.13 bits per heavy atom. The van der Waals surface area contributed by atoms with Gasteiger partial charge in [-0.05, 0) is 26.8 Å². The second kappa shape index (κ2) is 5.91. The van der Waals surface area contributed by atoms with Crippen molar-refractivity contribution in [2.45, 2.75) is 52.1 Å². The van der Waals surface area contributed by atoms with Crippen LogP contribution in [-0.2, 0) is 6.54 Å². The van der Waals surface area contributed by atoms with Crippen LogP contribution in [0, 0.1) is 0 Å². The number of hydrogen-bond acceptors (Lipinski definition) is 2. The summed E-state index contributed by atoms with van der Waals surface area (Å²) >= 11 is 0. The van der Waals surface area contributed by atoms with E-state index in [4.69, 9.17) is 0 Å². The summed E-state index contributed by atoms with van der Waals surface area (Å²) in [6.45, 7) is 7.68. The zero-order valence-electron chi connectivity index (χ0n) is 10.3. The van der Waals surface area contributed by atoms with Crippen LogP contribution < -0.4 is 5.32 Å². The maximum atomic E-state index is 4.38. The standard InChI is InChI=1S/C12H23N3/c1-10(2)12-14-7-9-15(12)8-5-6-11(3)13-4/h7,9-11,13H,5-6,8H2,1-4H3. The summed E-state index contributed by atoms with van der Waals surface area (Å²) in [4.78, 5) is 4.38. The Morgan fingerprint density at radius 3 is 2.73 bits per heavy atom. The highest BCUT2D eigenvalue weighted by molar-refractivity contribution is 4.97. The average molecular weight is 209 g/mol. The Morgan fingerprint density at radius 1 is 1.40 bits per heavy atom. The van der Waals surface area contributed by atoms with Crippen LogP contribution in [0.1, 0.15) is 45.4 Å². The van der Waals surface area contributed by atoms with Crippen molar-refractivity contribution in [3.05, 3.63) is 18.2 Å². The van der Waals surface area contributed by atoms with Gasteiger partial charge in [-0.25, -0.2) is 4.98 Å². The summed E-state index contributed by atoms with van der Waals surface area (Å²) in [6.07, 6.45) is 6.40. The fourth-order valence-electron chi connectivity index (χ4n) is 1.72. The summed E-state index contributed by atoms with van der Waals surface area (Å²) in [7, 11) is 2.02. The van der Waals surface area contributed by atoms with Gasteiger partial charge in [-0.2, -0.15) is 0 Å². The quantitative estimate of drug-likeness (QED) is 0.779.